The van der Waals surface area contributed by atoms with Crippen LogP contribution in [0.4, 0.5) is 0 Å². The Morgan fingerprint density at radius 3 is 2.60 bits per heavy atom. The molecule has 0 saturated heterocycles. The molecule has 15 heavy (non-hydrogen) atoms. The predicted octanol–water partition coefficient (Wildman–Crippen LogP) is 1.57. The van der Waals surface area contributed by atoms with E-state index >= 15 is 0 Å². The van der Waals surface area contributed by atoms with Crippen LogP contribution in [-0.4, -0.2) is 24.5 Å². The second-order valence-corrected chi connectivity index (χ2v) is 3.96. The van der Waals surface area contributed by atoms with Gasteiger partial charge in [0.25, 0.3) is 0 Å². The van der Waals surface area contributed by atoms with Crippen LogP contribution in [0, 0.1) is 6.92 Å². The van der Waals surface area contributed by atoms with Crippen molar-refractivity contribution in [2.75, 3.05) is 0 Å². The summed E-state index contributed by atoms with van der Waals surface area (Å²) in [5.74, 6) is 0.885. The van der Waals surface area contributed by atoms with Crippen molar-refractivity contribution in [1.82, 2.24) is 24.5 Å². The van der Waals surface area contributed by atoms with Gasteiger partial charge in [0.2, 0.25) is 0 Å². The Labute approximate surface area is 88.7 Å². The lowest BCUT2D eigenvalue weighted by atomic mass is 10.2. The van der Waals surface area contributed by atoms with Gasteiger partial charge in [-0.25, -0.2) is 0 Å². The molecule has 2 aromatic heterocycles. The summed E-state index contributed by atoms with van der Waals surface area (Å²) in [5.41, 5.74) is 2.02. The quantitative estimate of drug-likeness (QED) is 0.747. The molecule has 0 amide bonds. The van der Waals surface area contributed by atoms with Crippen molar-refractivity contribution in [1.29, 1.82) is 0 Å². The normalized spacial score (nSPS) is 11.3. The van der Waals surface area contributed by atoms with Crippen LogP contribution in [0.3, 0.4) is 0 Å². The fourth-order valence-electron chi connectivity index (χ4n) is 1.63. The number of hydrogen-bond acceptors (Lipinski definition) is 3. The molecule has 2 rings (SSSR count). The van der Waals surface area contributed by atoms with Crippen LogP contribution in [0.1, 0.15) is 25.6 Å². The van der Waals surface area contributed by atoms with Crippen LogP contribution in [0.5, 0.6) is 0 Å². The Morgan fingerprint density at radius 1 is 1.33 bits per heavy atom. The SMILES string of the molecule is Cc1nn(C)cc1-c1nncn1C(C)C. The highest BCUT2D eigenvalue weighted by molar-refractivity contribution is 5.56. The van der Waals surface area contributed by atoms with E-state index in [1.165, 1.54) is 0 Å². The molecule has 0 spiro atoms. The molecule has 5 heteroatoms. The number of rotatable bonds is 2. The van der Waals surface area contributed by atoms with Crippen LogP contribution < -0.4 is 0 Å². The lowest BCUT2D eigenvalue weighted by Gasteiger charge is -2.08. The van der Waals surface area contributed by atoms with E-state index in [9.17, 15) is 0 Å². The van der Waals surface area contributed by atoms with Crippen molar-refractivity contribution >= 4 is 0 Å². The summed E-state index contributed by atoms with van der Waals surface area (Å²) in [7, 11) is 1.91. The molecule has 0 atom stereocenters. The first-order valence-electron chi connectivity index (χ1n) is 4.99. The highest BCUT2D eigenvalue weighted by Crippen LogP contribution is 2.22. The summed E-state index contributed by atoms with van der Waals surface area (Å²) in [6.45, 7) is 6.20. The average Bonchev–Trinajstić information content (AvgIpc) is 2.71. The molecule has 80 valence electrons. The Bertz CT molecular complexity index is 466. The molecular weight excluding hydrogens is 190 g/mol. The van der Waals surface area contributed by atoms with Crippen molar-refractivity contribution < 1.29 is 0 Å². The molecule has 0 aliphatic rings. The molecule has 0 fully saturated rings. The fourth-order valence-corrected chi connectivity index (χ4v) is 1.63. The van der Waals surface area contributed by atoms with E-state index in [0.29, 0.717) is 6.04 Å². The summed E-state index contributed by atoms with van der Waals surface area (Å²) in [6.07, 6.45) is 3.73. The van der Waals surface area contributed by atoms with E-state index in [1.54, 1.807) is 11.0 Å². The van der Waals surface area contributed by atoms with Gasteiger partial charge in [0.1, 0.15) is 6.33 Å². The zero-order valence-electron chi connectivity index (χ0n) is 9.47. The van der Waals surface area contributed by atoms with E-state index in [0.717, 1.165) is 17.1 Å². The van der Waals surface area contributed by atoms with E-state index in [1.807, 2.05) is 24.7 Å². The van der Waals surface area contributed by atoms with Gasteiger partial charge < -0.3 is 4.57 Å². The highest BCUT2D eigenvalue weighted by atomic mass is 15.3. The van der Waals surface area contributed by atoms with Crippen LogP contribution in [0.2, 0.25) is 0 Å². The number of aromatic nitrogens is 5. The molecular formula is C10H15N5. The lowest BCUT2D eigenvalue weighted by molar-refractivity contribution is 0.604. The Hall–Kier alpha value is -1.65. The summed E-state index contributed by atoms with van der Waals surface area (Å²) in [6, 6.07) is 0.356. The Balaban J connectivity index is 2.54. The maximum atomic E-state index is 4.30. The van der Waals surface area contributed by atoms with E-state index in [2.05, 4.69) is 29.1 Å². The molecule has 2 heterocycles. The summed E-state index contributed by atoms with van der Waals surface area (Å²) >= 11 is 0. The molecule has 0 unspecified atom stereocenters. The molecule has 0 aliphatic heterocycles. The van der Waals surface area contributed by atoms with Crippen LogP contribution in [0.25, 0.3) is 11.4 Å². The molecule has 0 aromatic carbocycles. The third-order valence-corrected chi connectivity index (χ3v) is 2.38. The maximum Gasteiger partial charge on any atom is 0.167 e. The smallest absolute Gasteiger partial charge is 0.167 e. The molecule has 0 N–H and O–H groups in total. The topological polar surface area (TPSA) is 48.5 Å². The predicted molar refractivity (Wildman–Crippen MR) is 57.3 cm³/mol. The fraction of sp³-hybridized carbons (Fsp3) is 0.500. The molecule has 0 aliphatic carbocycles. The molecule has 5 nitrogen and oxygen atoms in total. The van der Waals surface area contributed by atoms with Crippen molar-refractivity contribution in [3.63, 3.8) is 0 Å². The first-order chi connectivity index (χ1) is 7.09. The Kier molecular flexibility index (Phi) is 2.30. The molecule has 0 bridgehead atoms. The zero-order valence-corrected chi connectivity index (χ0v) is 9.47. The zero-order chi connectivity index (χ0) is 11.0. The lowest BCUT2D eigenvalue weighted by Crippen LogP contribution is -2.01. The van der Waals surface area contributed by atoms with Crippen LogP contribution >= 0.6 is 0 Å². The van der Waals surface area contributed by atoms with Gasteiger partial charge in [0, 0.05) is 19.3 Å². The number of nitrogens with zero attached hydrogens (tertiary/aromatic N) is 5. The number of hydrogen-bond donors (Lipinski definition) is 0. The third-order valence-electron chi connectivity index (χ3n) is 2.38. The minimum Gasteiger partial charge on any atom is -0.311 e. The maximum absolute atomic E-state index is 4.30. The Morgan fingerprint density at radius 2 is 2.07 bits per heavy atom. The average molecular weight is 205 g/mol. The standard InChI is InChI=1S/C10H15N5/c1-7(2)15-6-11-12-10(15)9-5-14(4)13-8(9)3/h5-7H,1-4H3. The van der Waals surface area contributed by atoms with Crippen LogP contribution in [0.15, 0.2) is 12.5 Å². The van der Waals surface area contributed by atoms with Gasteiger partial charge >= 0.3 is 0 Å². The van der Waals surface area contributed by atoms with Gasteiger partial charge in [-0.05, 0) is 20.8 Å². The summed E-state index contributed by atoms with van der Waals surface area (Å²) in [5, 5.41) is 12.4. The minimum atomic E-state index is 0.356. The van der Waals surface area contributed by atoms with Gasteiger partial charge in [0.15, 0.2) is 5.82 Å². The van der Waals surface area contributed by atoms with E-state index in [4.69, 9.17) is 0 Å². The van der Waals surface area contributed by atoms with Crippen LogP contribution in [-0.2, 0) is 7.05 Å². The second-order valence-electron chi connectivity index (χ2n) is 3.96. The molecule has 0 radical (unpaired) electrons. The highest BCUT2D eigenvalue weighted by Gasteiger charge is 2.14. The summed E-state index contributed by atoms with van der Waals surface area (Å²) in [4.78, 5) is 0. The largest absolute Gasteiger partial charge is 0.311 e. The van der Waals surface area contributed by atoms with Crippen molar-refractivity contribution in [3.8, 4) is 11.4 Å². The minimum absolute atomic E-state index is 0.356. The van der Waals surface area contributed by atoms with E-state index < -0.39 is 0 Å². The second kappa shape index (κ2) is 3.49. The van der Waals surface area contributed by atoms with Gasteiger partial charge in [-0.15, -0.1) is 10.2 Å². The first-order valence-corrected chi connectivity index (χ1v) is 4.99. The molecule has 2 aromatic rings. The van der Waals surface area contributed by atoms with Gasteiger partial charge in [0.05, 0.1) is 11.3 Å². The molecule has 0 saturated carbocycles. The summed E-state index contributed by atoms with van der Waals surface area (Å²) < 4.78 is 3.84. The van der Waals surface area contributed by atoms with Gasteiger partial charge in [-0.1, -0.05) is 0 Å². The third kappa shape index (κ3) is 1.65. The van der Waals surface area contributed by atoms with Gasteiger partial charge in [-0.2, -0.15) is 5.10 Å². The van der Waals surface area contributed by atoms with Gasteiger partial charge in [-0.3, -0.25) is 4.68 Å². The van der Waals surface area contributed by atoms with Crippen molar-refractivity contribution in [2.45, 2.75) is 26.8 Å². The first kappa shape index (κ1) is 9.89. The van der Waals surface area contributed by atoms with Crippen molar-refractivity contribution in [3.05, 3.63) is 18.2 Å². The number of aryl methyl sites for hydroxylation is 2. The van der Waals surface area contributed by atoms with Crippen molar-refractivity contribution in [2.24, 2.45) is 7.05 Å². The monoisotopic (exact) mass is 205 g/mol. The van der Waals surface area contributed by atoms with E-state index in [-0.39, 0.29) is 0 Å².